The summed E-state index contributed by atoms with van der Waals surface area (Å²) in [5, 5.41) is 2.86. The molecule has 0 fully saturated rings. The van der Waals surface area contributed by atoms with Crippen LogP contribution in [0, 0.1) is 0 Å². The first-order chi connectivity index (χ1) is 15.3. The quantitative estimate of drug-likeness (QED) is 0.502. The Morgan fingerprint density at radius 1 is 1.06 bits per heavy atom. The number of hydrogen-bond donors (Lipinski definition) is 2. The molecule has 0 atom stereocenters. The van der Waals surface area contributed by atoms with Gasteiger partial charge in [0.25, 0.3) is 5.91 Å². The van der Waals surface area contributed by atoms with Gasteiger partial charge in [0.1, 0.15) is 0 Å². The van der Waals surface area contributed by atoms with Crippen LogP contribution >= 0.6 is 12.0 Å². The van der Waals surface area contributed by atoms with Gasteiger partial charge in [0.05, 0.1) is 16.8 Å². The monoisotopic (exact) mass is 459 g/mol. The molecule has 32 heavy (non-hydrogen) atoms. The Bertz CT molecular complexity index is 1100. The second-order valence-corrected chi connectivity index (χ2v) is 8.24. The lowest BCUT2D eigenvalue weighted by atomic mass is 10.1. The van der Waals surface area contributed by atoms with E-state index < -0.39 is 11.7 Å². The van der Waals surface area contributed by atoms with Crippen LogP contribution < -0.4 is 5.32 Å². The molecule has 1 aliphatic rings. The minimum Gasteiger partial charge on any atom is -0.348 e. The number of pyridine rings is 1. The van der Waals surface area contributed by atoms with E-state index in [9.17, 15) is 18.0 Å². The Morgan fingerprint density at radius 2 is 1.75 bits per heavy atom. The average molecular weight is 459 g/mol. The van der Waals surface area contributed by atoms with Crippen LogP contribution in [0.15, 0.2) is 65.7 Å². The third kappa shape index (κ3) is 5.29. The first-order valence-electron chi connectivity index (χ1n) is 9.86. The first kappa shape index (κ1) is 22.3. The van der Waals surface area contributed by atoms with Crippen molar-refractivity contribution in [1.82, 2.24) is 15.2 Å². The summed E-state index contributed by atoms with van der Waals surface area (Å²) in [6.45, 7) is 2.00. The van der Waals surface area contributed by atoms with E-state index in [1.807, 2.05) is 18.2 Å². The van der Waals surface area contributed by atoms with E-state index in [1.165, 1.54) is 12.1 Å². The van der Waals surface area contributed by atoms with Gasteiger partial charge < -0.3 is 9.87 Å². The fourth-order valence-electron chi connectivity index (χ4n) is 3.57. The number of aromatic nitrogens is 1. The summed E-state index contributed by atoms with van der Waals surface area (Å²) in [6, 6.07) is 14.2. The van der Waals surface area contributed by atoms with Gasteiger partial charge >= 0.3 is 6.18 Å². The SMILES string of the molecule is O=C(NCc1ccc(SO)cc1)c1cnc2c(c1)CN(Cc1ccc(C(F)(F)F)cc1)C2. The third-order valence-electron chi connectivity index (χ3n) is 5.26. The molecule has 0 aliphatic carbocycles. The summed E-state index contributed by atoms with van der Waals surface area (Å²) in [6.07, 6.45) is -2.80. The first-order valence-corrected chi connectivity index (χ1v) is 10.6. The molecule has 1 amide bonds. The molecule has 3 aromatic rings. The molecule has 166 valence electrons. The summed E-state index contributed by atoms with van der Waals surface area (Å²) < 4.78 is 47.2. The van der Waals surface area contributed by atoms with E-state index in [4.69, 9.17) is 4.55 Å². The molecule has 9 heteroatoms. The smallest absolute Gasteiger partial charge is 0.348 e. The number of carbonyl (C=O) groups excluding carboxylic acids is 1. The Hall–Kier alpha value is -2.88. The zero-order valence-electron chi connectivity index (χ0n) is 16.9. The van der Waals surface area contributed by atoms with Gasteiger partial charge in [-0.1, -0.05) is 24.3 Å². The lowest BCUT2D eigenvalue weighted by Gasteiger charge is -2.15. The van der Waals surface area contributed by atoms with Crippen molar-refractivity contribution in [3.05, 3.63) is 94.3 Å². The maximum absolute atomic E-state index is 12.7. The van der Waals surface area contributed by atoms with Gasteiger partial charge in [0.2, 0.25) is 0 Å². The standard InChI is InChI=1S/C23H20F3N3O2S/c24-23(25,26)19-5-1-16(2-6-19)12-29-13-18-9-17(11-27-21(18)14-29)22(30)28-10-15-3-7-20(32-31)8-4-15/h1-9,11,31H,10,12-14H2,(H,28,30). The van der Waals surface area contributed by atoms with Gasteiger partial charge in [0, 0.05) is 49.3 Å². The number of benzene rings is 2. The number of nitrogens with zero attached hydrogens (tertiary/aromatic N) is 2. The van der Waals surface area contributed by atoms with Gasteiger partial charge in [0.15, 0.2) is 0 Å². The number of alkyl halides is 3. The number of nitrogens with one attached hydrogen (secondary N) is 1. The van der Waals surface area contributed by atoms with E-state index in [0.717, 1.165) is 39.4 Å². The molecule has 1 aromatic heterocycles. The Balaban J connectivity index is 1.35. The molecule has 0 saturated heterocycles. The van der Waals surface area contributed by atoms with Gasteiger partial charge in [-0.3, -0.25) is 14.7 Å². The van der Waals surface area contributed by atoms with Crippen LogP contribution in [0.4, 0.5) is 13.2 Å². The number of rotatable bonds is 6. The van der Waals surface area contributed by atoms with Crippen molar-refractivity contribution >= 4 is 17.9 Å². The molecule has 2 aromatic carbocycles. The molecule has 0 saturated carbocycles. The van der Waals surface area contributed by atoms with Crippen LogP contribution in [0.2, 0.25) is 0 Å². The molecule has 5 nitrogen and oxygen atoms in total. The zero-order valence-corrected chi connectivity index (χ0v) is 17.7. The van der Waals surface area contributed by atoms with Crippen LogP contribution in [0.25, 0.3) is 0 Å². The fourth-order valence-corrected chi connectivity index (χ4v) is 3.83. The summed E-state index contributed by atoms with van der Waals surface area (Å²) >= 11 is 0.667. The number of amides is 1. The molecule has 1 aliphatic heterocycles. The summed E-state index contributed by atoms with van der Waals surface area (Å²) in [5.41, 5.74) is 3.30. The van der Waals surface area contributed by atoms with Crippen LogP contribution in [0.5, 0.6) is 0 Å². The van der Waals surface area contributed by atoms with E-state index in [0.29, 0.717) is 43.8 Å². The van der Waals surface area contributed by atoms with Crippen molar-refractivity contribution in [3.63, 3.8) is 0 Å². The van der Waals surface area contributed by atoms with Crippen molar-refractivity contribution in [2.75, 3.05) is 0 Å². The molecule has 0 unspecified atom stereocenters. The van der Waals surface area contributed by atoms with Crippen LogP contribution in [-0.4, -0.2) is 20.3 Å². The molecular weight excluding hydrogens is 439 g/mol. The third-order valence-corrected chi connectivity index (χ3v) is 5.74. The van der Waals surface area contributed by atoms with Gasteiger partial charge in [-0.05, 0) is 47.0 Å². The van der Waals surface area contributed by atoms with Crippen molar-refractivity contribution in [2.45, 2.75) is 37.3 Å². The van der Waals surface area contributed by atoms with Gasteiger partial charge in [-0.25, -0.2) is 0 Å². The van der Waals surface area contributed by atoms with Crippen molar-refractivity contribution < 1.29 is 22.5 Å². The van der Waals surface area contributed by atoms with Gasteiger partial charge in [-0.15, -0.1) is 0 Å². The maximum atomic E-state index is 12.7. The average Bonchev–Trinajstić information content (AvgIpc) is 3.19. The molecule has 2 heterocycles. The van der Waals surface area contributed by atoms with Crippen LogP contribution in [0.3, 0.4) is 0 Å². The number of carbonyl (C=O) groups is 1. The predicted octanol–water partition coefficient (Wildman–Crippen LogP) is 5.11. The molecule has 0 bridgehead atoms. The molecular formula is C23H20F3N3O2S. The number of fused-ring (bicyclic) bond motifs is 1. The highest BCUT2D eigenvalue weighted by atomic mass is 32.2. The maximum Gasteiger partial charge on any atom is 0.416 e. The van der Waals surface area contributed by atoms with Crippen molar-refractivity contribution in [3.8, 4) is 0 Å². The topological polar surface area (TPSA) is 65.5 Å². The van der Waals surface area contributed by atoms with E-state index in [1.54, 1.807) is 18.3 Å². The summed E-state index contributed by atoms with van der Waals surface area (Å²) in [5.74, 6) is -0.234. The lowest BCUT2D eigenvalue weighted by molar-refractivity contribution is -0.137. The minimum atomic E-state index is -4.34. The molecule has 0 radical (unpaired) electrons. The molecule has 4 rings (SSSR count). The summed E-state index contributed by atoms with van der Waals surface area (Å²) in [4.78, 5) is 19.7. The van der Waals surface area contributed by atoms with E-state index >= 15 is 0 Å². The molecule has 2 N–H and O–H groups in total. The molecule has 0 spiro atoms. The second kappa shape index (κ2) is 9.32. The normalized spacial score (nSPS) is 13.8. The lowest BCUT2D eigenvalue weighted by Crippen LogP contribution is -2.23. The highest BCUT2D eigenvalue weighted by Crippen LogP contribution is 2.30. The van der Waals surface area contributed by atoms with E-state index in [2.05, 4.69) is 15.2 Å². The largest absolute Gasteiger partial charge is 0.416 e. The Kier molecular flexibility index (Phi) is 6.50. The Morgan fingerprint density at radius 3 is 2.41 bits per heavy atom. The van der Waals surface area contributed by atoms with Gasteiger partial charge in [-0.2, -0.15) is 13.2 Å². The van der Waals surface area contributed by atoms with Crippen molar-refractivity contribution in [2.24, 2.45) is 0 Å². The van der Waals surface area contributed by atoms with Crippen LogP contribution in [-0.2, 0) is 32.4 Å². The number of hydrogen-bond acceptors (Lipinski definition) is 5. The fraction of sp³-hybridized carbons (Fsp3) is 0.217. The minimum absolute atomic E-state index is 0.234. The Labute approximate surface area is 187 Å². The highest BCUT2D eigenvalue weighted by Gasteiger charge is 2.30. The van der Waals surface area contributed by atoms with Crippen LogP contribution in [0.1, 0.15) is 38.3 Å². The van der Waals surface area contributed by atoms with E-state index in [-0.39, 0.29) is 5.91 Å². The number of halogens is 3. The zero-order chi connectivity index (χ0) is 22.7. The van der Waals surface area contributed by atoms with Crippen molar-refractivity contribution in [1.29, 1.82) is 0 Å². The summed E-state index contributed by atoms with van der Waals surface area (Å²) in [7, 11) is 0. The predicted molar refractivity (Wildman–Crippen MR) is 115 cm³/mol. The highest BCUT2D eigenvalue weighted by molar-refractivity contribution is 7.93. The second-order valence-electron chi connectivity index (χ2n) is 7.59.